The summed E-state index contributed by atoms with van der Waals surface area (Å²) in [4.78, 5) is 22.6. The molecule has 0 aromatic carbocycles. The van der Waals surface area contributed by atoms with Crippen LogP contribution in [0.4, 0.5) is 0 Å². The third-order valence-electron chi connectivity index (χ3n) is 3.35. The molecule has 1 saturated heterocycles. The van der Waals surface area contributed by atoms with E-state index in [1.165, 1.54) is 17.7 Å². The van der Waals surface area contributed by atoms with E-state index in [9.17, 15) is 4.79 Å². The Morgan fingerprint density at radius 3 is 3.20 bits per heavy atom. The van der Waals surface area contributed by atoms with Gasteiger partial charge in [0.2, 0.25) is 5.91 Å². The largest absolute Gasteiger partial charge is 0.342 e. The van der Waals surface area contributed by atoms with Gasteiger partial charge < -0.3 is 4.90 Å². The van der Waals surface area contributed by atoms with E-state index in [1.54, 1.807) is 0 Å². The van der Waals surface area contributed by atoms with Gasteiger partial charge in [-0.2, -0.15) is 16.9 Å². The second kappa shape index (κ2) is 5.92. The normalized spacial score (nSPS) is 18.4. The average molecular weight is 309 g/mol. The standard InChI is InChI=1S/C12H15N5OS2/c1-17(9-2-3-19-6-9)10(18)4-8-5-20-12(15-8)11-13-7-14-16-11/h5,7,9H,2-4,6H2,1H3,(H,13,14,16)/t9-/m0/s1. The fraction of sp³-hybridized carbons (Fsp3) is 0.500. The lowest BCUT2D eigenvalue weighted by molar-refractivity contribution is -0.130. The molecule has 1 aliphatic rings. The Morgan fingerprint density at radius 1 is 1.60 bits per heavy atom. The molecule has 6 nitrogen and oxygen atoms in total. The molecule has 1 atom stereocenters. The molecule has 2 aromatic heterocycles. The SMILES string of the molecule is CN(C(=O)Cc1csc(-c2ncn[nH]2)n1)[C@H]1CCSC1. The Balaban J connectivity index is 1.64. The van der Waals surface area contributed by atoms with E-state index in [1.807, 2.05) is 29.1 Å². The molecule has 0 aliphatic carbocycles. The maximum absolute atomic E-state index is 12.2. The minimum Gasteiger partial charge on any atom is -0.342 e. The van der Waals surface area contributed by atoms with Crippen LogP contribution in [-0.2, 0) is 11.2 Å². The van der Waals surface area contributed by atoms with Crippen molar-refractivity contribution in [2.24, 2.45) is 0 Å². The number of amides is 1. The summed E-state index contributed by atoms with van der Waals surface area (Å²) in [7, 11) is 1.89. The number of carbonyl (C=O) groups is 1. The van der Waals surface area contributed by atoms with Crippen molar-refractivity contribution < 1.29 is 4.79 Å². The molecule has 0 unspecified atom stereocenters. The molecule has 0 radical (unpaired) electrons. The van der Waals surface area contributed by atoms with Gasteiger partial charge in [-0.05, 0) is 12.2 Å². The molecule has 2 aromatic rings. The number of hydrogen-bond acceptors (Lipinski definition) is 6. The molecular weight excluding hydrogens is 294 g/mol. The van der Waals surface area contributed by atoms with E-state index in [0.29, 0.717) is 18.3 Å². The van der Waals surface area contributed by atoms with Crippen LogP contribution in [-0.4, -0.2) is 55.6 Å². The van der Waals surface area contributed by atoms with Crippen LogP contribution in [0.15, 0.2) is 11.7 Å². The fourth-order valence-electron chi connectivity index (χ4n) is 2.12. The number of H-pyrrole nitrogens is 1. The average Bonchev–Trinajstić information content (AvgIpc) is 3.19. The van der Waals surface area contributed by atoms with E-state index < -0.39 is 0 Å². The number of thioether (sulfide) groups is 1. The van der Waals surface area contributed by atoms with Crippen molar-refractivity contribution in [1.82, 2.24) is 25.1 Å². The first kappa shape index (κ1) is 13.6. The number of aromatic amines is 1. The Hall–Kier alpha value is -1.41. The number of carbonyl (C=O) groups excluding carboxylic acids is 1. The van der Waals surface area contributed by atoms with Crippen LogP contribution >= 0.6 is 23.1 Å². The molecule has 8 heteroatoms. The number of nitrogens with one attached hydrogen (secondary N) is 1. The predicted octanol–water partition coefficient (Wildman–Crippen LogP) is 1.43. The highest BCUT2D eigenvalue weighted by Gasteiger charge is 2.24. The van der Waals surface area contributed by atoms with E-state index in [4.69, 9.17) is 0 Å². The summed E-state index contributed by atoms with van der Waals surface area (Å²) in [5, 5.41) is 9.26. The summed E-state index contributed by atoms with van der Waals surface area (Å²) in [6.45, 7) is 0. The number of hydrogen-bond donors (Lipinski definition) is 1. The Kier molecular flexibility index (Phi) is 4.02. The smallest absolute Gasteiger partial charge is 0.228 e. The summed E-state index contributed by atoms with van der Waals surface area (Å²) in [6.07, 6.45) is 2.89. The topological polar surface area (TPSA) is 74.8 Å². The van der Waals surface area contributed by atoms with Crippen molar-refractivity contribution in [2.45, 2.75) is 18.9 Å². The summed E-state index contributed by atoms with van der Waals surface area (Å²) < 4.78 is 0. The van der Waals surface area contributed by atoms with Crippen LogP contribution in [0.1, 0.15) is 12.1 Å². The zero-order chi connectivity index (χ0) is 13.9. The Bertz CT molecular complexity index is 576. The highest BCUT2D eigenvalue weighted by atomic mass is 32.2. The summed E-state index contributed by atoms with van der Waals surface area (Å²) in [6, 6.07) is 0.375. The van der Waals surface area contributed by atoms with Gasteiger partial charge in [0, 0.05) is 24.2 Å². The predicted molar refractivity (Wildman–Crippen MR) is 79.7 cm³/mol. The van der Waals surface area contributed by atoms with Crippen LogP contribution in [0.2, 0.25) is 0 Å². The first-order valence-electron chi connectivity index (χ1n) is 6.37. The molecule has 106 valence electrons. The third-order valence-corrected chi connectivity index (χ3v) is 5.39. The van der Waals surface area contributed by atoms with Crippen LogP contribution in [0, 0.1) is 0 Å². The molecule has 0 saturated carbocycles. The van der Waals surface area contributed by atoms with Crippen molar-refractivity contribution in [3.63, 3.8) is 0 Å². The first-order valence-corrected chi connectivity index (χ1v) is 8.41. The third kappa shape index (κ3) is 2.85. The molecule has 0 bridgehead atoms. The minimum atomic E-state index is 0.131. The molecule has 1 amide bonds. The fourth-order valence-corrected chi connectivity index (χ4v) is 4.15. The molecule has 0 spiro atoms. The Morgan fingerprint density at radius 2 is 2.50 bits per heavy atom. The van der Waals surface area contributed by atoms with Crippen molar-refractivity contribution in [3.8, 4) is 10.8 Å². The lowest BCUT2D eigenvalue weighted by Gasteiger charge is -2.23. The molecule has 1 N–H and O–H groups in total. The number of likely N-dealkylation sites (N-methyl/N-ethyl adjacent to an activating group) is 1. The zero-order valence-corrected chi connectivity index (χ0v) is 12.7. The highest BCUT2D eigenvalue weighted by Crippen LogP contribution is 2.23. The van der Waals surface area contributed by atoms with Gasteiger partial charge in [-0.25, -0.2) is 9.97 Å². The summed E-state index contributed by atoms with van der Waals surface area (Å²) >= 11 is 3.38. The monoisotopic (exact) mass is 309 g/mol. The first-order chi connectivity index (χ1) is 9.74. The van der Waals surface area contributed by atoms with Gasteiger partial charge in [0.25, 0.3) is 0 Å². The second-order valence-corrected chi connectivity index (χ2v) is 6.68. The number of thiazole rings is 1. The Labute approximate surface area is 125 Å². The second-order valence-electron chi connectivity index (χ2n) is 4.68. The van der Waals surface area contributed by atoms with Crippen LogP contribution < -0.4 is 0 Å². The zero-order valence-electron chi connectivity index (χ0n) is 11.1. The van der Waals surface area contributed by atoms with E-state index in [-0.39, 0.29) is 5.91 Å². The van der Waals surface area contributed by atoms with Gasteiger partial charge in [-0.3, -0.25) is 9.89 Å². The van der Waals surface area contributed by atoms with Gasteiger partial charge in [0.05, 0.1) is 12.1 Å². The molecule has 1 fully saturated rings. The maximum Gasteiger partial charge on any atom is 0.228 e. The van der Waals surface area contributed by atoms with Gasteiger partial charge in [0.1, 0.15) is 6.33 Å². The number of nitrogens with zero attached hydrogens (tertiary/aromatic N) is 4. The van der Waals surface area contributed by atoms with Crippen molar-refractivity contribution >= 4 is 29.0 Å². The minimum absolute atomic E-state index is 0.131. The van der Waals surface area contributed by atoms with Gasteiger partial charge in [0.15, 0.2) is 10.8 Å². The van der Waals surface area contributed by atoms with Crippen molar-refractivity contribution in [1.29, 1.82) is 0 Å². The van der Waals surface area contributed by atoms with Crippen LogP contribution in [0.25, 0.3) is 10.8 Å². The summed E-state index contributed by atoms with van der Waals surface area (Å²) in [5.74, 6) is 2.97. The van der Waals surface area contributed by atoms with E-state index in [2.05, 4.69) is 20.2 Å². The van der Waals surface area contributed by atoms with E-state index >= 15 is 0 Å². The maximum atomic E-state index is 12.2. The number of rotatable bonds is 4. The molecule has 1 aliphatic heterocycles. The molecule has 3 rings (SSSR count). The number of aromatic nitrogens is 4. The van der Waals surface area contributed by atoms with Gasteiger partial charge in [-0.1, -0.05) is 0 Å². The highest BCUT2D eigenvalue weighted by molar-refractivity contribution is 7.99. The summed E-state index contributed by atoms with van der Waals surface area (Å²) in [5.41, 5.74) is 0.795. The van der Waals surface area contributed by atoms with Crippen molar-refractivity contribution in [2.75, 3.05) is 18.6 Å². The van der Waals surface area contributed by atoms with Gasteiger partial charge in [-0.15, -0.1) is 11.3 Å². The van der Waals surface area contributed by atoms with Crippen LogP contribution in [0.3, 0.4) is 0 Å². The quantitative estimate of drug-likeness (QED) is 0.925. The van der Waals surface area contributed by atoms with Gasteiger partial charge >= 0.3 is 0 Å². The molecular formula is C12H15N5OS2. The molecule has 3 heterocycles. The lowest BCUT2D eigenvalue weighted by atomic mass is 10.2. The molecule has 20 heavy (non-hydrogen) atoms. The van der Waals surface area contributed by atoms with Crippen molar-refractivity contribution in [3.05, 3.63) is 17.4 Å². The van der Waals surface area contributed by atoms with E-state index in [0.717, 1.165) is 28.6 Å². The lowest BCUT2D eigenvalue weighted by Crippen LogP contribution is -2.37. The van der Waals surface area contributed by atoms with Crippen LogP contribution in [0.5, 0.6) is 0 Å².